The number of nitrogens with one attached hydrogen (secondary N) is 1. The van der Waals surface area contributed by atoms with Crippen molar-refractivity contribution < 1.29 is 23.8 Å². The molecule has 1 aromatic carbocycles. The zero-order valence-corrected chi connectivity index (χ0v) is 21.7. The number of aryl methyl sites for hydroxylation is 1. The number of amides is 2. The number of hydrogen-bond donors (Lipinski definition) is 1. The third kappa shape index (κ3) is 5.79. The molecule has 200 valence electrons. The minimum atomic E-state index is -0.386. The number of aromatic nitrogens is 4. The maximum absolute atomic E-state index is 13.1. The van der Waals surface area contributed by atoms with Gasteiger partial charge in [0.25, 0.3) is 0 Å². The van der Waals surface area contributed by atoms with E-state index in [0.29, 0.717) is 49.4 Å². The molecule has 1 atom stereocenters. The van der Waals surface area contributed by atoms with E-state index in [1.165, 1.54) is 0 Å². The van der Waals surface area contributed by atoms with Gasteiger partial charge in [0.05, 0.1) is 12.1 Å². The predicted octanol–water partition coefficient (Wildman–Crippen LogP) is 2.44. The van der Waals surface area contributed by atoms with E-state index in [4.69, 9.17) is 19.2 Å². The quantitative estimate of drug-likeness (QED) is 0.499. The highest BCUT2D eigenvalue weighted by Gasteiger charge is 2.33. The molecule has 5 rings (SSSR count). The number of imidazole rings is 1. The number of nitrogens with zero attached hydrogens (tertiary/aromatic N) is 6. The Morgan fingerprint density at radius 2 is 2.00 bits per heavy atom. The molecule has 0 saturated carbocycles. The number of carbonyl (C=O) groups is 2. The molecule has 12 heteroatoms. The van der Waals surface area contributed by atoms with Gasteiger partial charge in [0.15, 0.2) is 11.5 Å². The molecule has 1 N–H and O–H groups in total. The Morgan fingerprint density at radius 3 is 2.79 bits per heavy atom. The predicted molar refractivity (Wildman–Crippen MR) is 137 cm³/mol. The van der Waals surface area contributed by atoms with Gasteiger partial charge in [-0.15, -0.1) is 0 Å². The fraction of sp³-hybridized carbons (Fsp3) is 0.423. The molecular formula is C26H31N7O5. The van der Waals surface area contributed by atoms with Gasteiger partial charge in [-0.2, -0.15) is 4.98 Å². The highest BCUT2D eigenvalue weighted by Crippen LogP contribution is 2.32. The first kappa shape index (κ1) is 25.3. The van der Waals surface area contributed by atoms with Crippen molar-refractivity contribution in [1.29, 1.82) is 0 Å². The van der Waals surface area contributed by atoms with Gasteiger partial charge in [0.1, 0.15) is 12.1 Å². The van der Waals surface area contributed by atoms with Crippen molar-refractivity contribution in [3.8, 4) is 17.4 Å². The number of carbonyl (C=O) groups excluding carboxylic acids is 2. The van der Waals surface area contributed by atoms with Crippen LogP contribution < -0.4 is 19.7 Å². The second-order valence-electron chi connectivity index (χ2n) is 9.53. The topological polar surface area (TPSA) is 124 Å². The largest absolute Gasteiger partial charge is 0.454 e. The van der Waals surface area contributed by atoms with Gasteiger partial charge in [-0.3, -0.25) is 9.36 Å². The lowest BCUT2D eigenvalue weighted by Crippen LogP contribution is -2.56. The highest BCUT2D eigenvalue weighted by molar-refractivity contribution is 5.77. The summed E-state index contributed by atoms with van der Waals surface area (Å²) in [7, 11) is 0. The molecular weight excluding hydrogens is 490 g/mol. The Labute approximate surface area is 220 Å². The summed E-state index contributed by atoms with van der Waals surface area (Å²) < 4.78 is 17.9. The molecule has 38 heavy (non-hydrogen) atoms. The van der Waals surface area contributed by atoms with Crippen LogP contribution in [0.3, 0.4) is 0 Å². The molecule has 0 spiro atoms. The van der Waals surface area contributed by atoms with Gasteiger partial charge in [0, 0.05) is 56.8 Å². The van der Waals surface area contributed by atoms with Crippen molar-refractivity contribution in [2.75, 3.05) is 31.3 Å². The Morgan fingerprint density at radius 1 is 1.16 bits per heavy atom. The number of benzene rings is 1. The molecule has 1 fully saturated rings. The summed E-state index contributed by atoms with van der Waals surface area (Å²) in [6.07, 6.45) is 4.63. The molecule has 0 bridgehead atoms. The van der Waals surface area contributed by atoms with Crippen LogP contribution in [0.4, 0.5) is 10.6 Å². The minimum Gasteiger partial charge on any atom is -0.454 e. The molecule has 0 aliphatic carbocycles. The van der Waals surface area contributed by atoms with Crippen molar-refractivity contribution in [2.45, 2.75) is 45.9 Å². The average molecular weight is 522 g/mol. The summed E-state index contributed by atoms with van der Waals surface area (Å²) in [6, 6.07) is 7.16. The number of ether oxygens (including phenoxy) is 3. The molecule has 1 unspecified atom stereocenters. The zero-order chi connectivity index (χ0) is 26.6. The van der Waals surface area contributed by atoms with Gasteiger partial charge in [-0.25, -0.2) is 14.8 Å². The number of piperazine rings is 1. The molecule has 1 saturated heterocycles. The molecule has 3 aromatic rings. The fourth-order valence-corrected chi connectivity index (χ4v) is 4.49. The molecule has 0 radical (unpaired) electrons. The maximum atomic E-state index is 13.1. The summed E-state index contributed by atoms with van der Waals surface area (Å²) in [6.45, 7) is 7.34. The Bertz CT molecular complexity index is 1300. The van der Waals surface area contributed by atoms with Gasteiger partial charge in [0.2, 0.25) is 18.6 Å². The molecule has 2 aliphatic heterocycles. The van der Waals surface area contributed by atoms with E-state index < -0.39 is 0 Å². The monoisotopic (exact) mass is 521 g/mol. The molecule has 4 heterocycles. The van der Waals surface area contributed by atoms with E-state index >= 15 is 0 Å². The fourth-order valence-electron chi connectivity index (χ4n) is 4.49. The Hall–Kier alpha value is -4.35. The van der Waals surface area contributed by atoms with Crippen LogP contribution in [0.1, 0.15) is 31.5 Å². The van der Waals surface area contributed by atoms with Crippen LogP contribution in [-0.2, 0) is 16.1 Å². The van der Waals surface area contributed by atoms with E-state index in [1.807, 2.05) is 45.0 Å². The first-order valence-corrected chi connectivity index (χ1v) is 12.6. The SMILES string of the molecule is Cc1cc(N2CCN(C(=O)OC(C)C)CC2CC(=O)NCc2ccc3c(c2)OCO3)nc(-n2ccnc2)n1. The van der Waals surface area contributed by atoms with Crippen molar-refractivity contribution >= 4 is 17.8 Å². The van der Waals surface area contributed by atoms with Gasteiger partial charge in [-0.05, 0) is 38.5 Å². The molecule has 12 nitrogen and oxygen atoms in total. The van der Waals surface area contributed by atoms with Crippen LogP contribution in [0.25, 0.3) is 5.95 Å². The van der Waals surface area contributed by atoms with Crippen LogP contribution in [-0.4, -0.2) is 75.0 Å². The number of anilines is 1. The van der Waals surface area contributed by atoms with Gasteiger partial charge >= 0.3 is 6.09 Å². The minimum absolute atomic E-state index is 0.141. The smallest absolute Gasteiger partial charge is 0.410 e. The van der Waals surface area contributed by atoms with Gasteiger partial charge in [-0.1, -0.05) is 6.07 Å². The second kappa shape index (κ2) is 11.0. The first-order chi connectivity index (χ1) is 18.4. The zero-order valence-electron chi connectivity index (χ0n) is 21.7. The normalized spacial score (nSPS) is 16.6. The van der Waals surface area contributed by atoms with Crippen LogP contribution in [0.15, 0.2) is 43.0 Å². The van der Waals surface area contributed by atoms with Crippen molar-refractivity contribution in [1.82, 2.24) is 29.7 Å². The molecule has 2 amide bonds. The van der Waals surface area contributed by atoms with Crippen LogP contribution in [0.2, 0.25) is 0 Å². The third-order valence-corrected chi connectivity index (χ3v) is 6.28. The summed E-state index contributed by atoms with van der Waals surface area (Å²) >= 11 is 0. The number of fused-ring (bicyclic) bond motifs is 1. The standard InChI is InChI=1S/C26H31N7O5/c1-17(2)38-26(35)31-8-9-33(23-10-18(3)29-25(30-23)32-7-6-27-15-32)20(14-31)12-24(34)28-13-19-4-5-21-22(11-19)37-16-36-21/h4-7,10-11,15,17,20H,8-9,12-14,16H2,1-3H3,(H,28,34). The first-order valence-electron chi connectivity index (χ1n) is 12.6. The summed E-state index contributed by atoms with van der Waals surface area (Å²) in [5.41, 5.74) is 1.69. The van der Waals surface area contributed by atoms with E-state index in [0.717, 1.165) is 11.3 Å². The Balaban J connectivity index is 1.32. The lowest BCUT2D eigenvalue weighted by atomic mass is 10.1. The average Bonchev–Trinajstić information content (AvgIpc) is 3.59. The maximum Gasteiger partial charge on any atom is 0.410 e. The lowest BCUT2D eigenvalue weighted by molar-refractivity contribution is -0.121. The van der Waals surface area contributed by atoms with E-state index in [9.17, 15) is 9.59 Å². The number of rotatable bonds is 7. The summed E-state index contributed by atoms with van der Waals surface area (Å²) in [4.78, 5) is 42.8. The number of hydrogen-bond acceptors (Lipinski definition) is 9. The van der Waals surface area contributed by atoms with Crippen molar-refractivity contribution in [3.05, 3.63) is 54.2 Å². The molecule has 2 aromatic heterocycles. The van der Waals surface area contributed by atoms with E-state index in [1.54, 1.807) is 28.2 Å². The third-order valence-electron chi connectivity index (χ3n) is 6.28. The summed E-state index contributed by atoms with van der Waals surface area (Å²) in [5, 5.41) is 2.99. The van der Waals surface area contributed by atoms with Crippen LogP contribution >= 0.6 is 0 Å². The van der Waals surface area contributed by atoms with Gasteiger partial charge < -0.3 is 29.3 Å². The highest BCUT2D eigenvalue weighted by atomic mass is 16.7. The van der Waals surface area contributed by atoms with Crippen LogP contribution in [0.5, 0.6) is 11.5 Å². The van der Waals surface area contributed by atoms with Crippen LogP contribution in [0, 0.1) is 6.92 Å². The Kier molecular flexibility index (Phi) is 7.29. The second-order valence-corrected chi connectivity index (χ2v) is 9.53. The summed E-state index contributed by atoms with van der Waals surface area (Å²) in [5.74, 6) is 2.40. The lowest BCUT2D eigenvalue weighted by Gasteiger charge is -2.41. The molecule has 2 aliphatic rings. The van der Waals surface area contributed by atoms with E-state index in [2.05, 4.69) is 20.2 Å². The van der Waals surface area contributed by atoms with Crippen molar-refractivity contribution in [2.24, 2.45) is 0 Å². The van der Waals surface area contributed by atoms with E-state index in [-0.39, 0.29) is 37.4 Å². The van der Waals surface area contributed by atoms with Crippen molar-refractivity contribution in [3.63, 3.8) is 0 Å².